The van der Waals surface area contributed by atoms with Crippen LogP contribution in [0.15, 0.2) is 73.1 Å². The number of nitrogens with one attached hydrogen (secondary N) is 1. The molecule has 0 saturated carbocycles. The van der Waals surface area contributed by atoms with Crippen LogP contribution in [-0.2, 0) is 4.74 Å². The predicted molar refractivity (Wildman–Crippen MR) is 125 cm³/mol. The number of hydrogen-bond donors (Lipinski definition) is 2. The van der Waals surface area contributed by atoms with Crippen LogP contribution in [0.4, 0.5) is 5.69 Å². The van der Waals surface area contributed by atoms with Crippen molar-refractivity contribution in [1.29, 1.82) is 0 Å². The van der Waals surface area contributed by atoms with Crippen LogP contribution in [0.25, 0.3) is 10.9 Å². The van der Waals surface area contributed by atoms with Crippen molar-refractivity contribution < 1.29 is 14.6 Å². The number of rotatable bonds is 6. The summed E-state index contributed by atoms with van der Waals surface area (Å²) in [6, 6.07) is 18.2. The molecule has 0 saturated heterocycles. The molecule has 4 rings (SSSR count). The SMILES string of the molecule is Cc1ccc2ccc(C(Nc3ccc(C(=O)OC(C)C)cc3)c3cccnc3)c(O)c2n1. The Hall–Kier alpha value is -3.93. The maximum atomic E-state index is 12.1. The zero-order valence-electron chi connectivity index (χ0n) is 18.2. The number of phenolic OH excluding ortho intramolecular Hbond substituents is 1. The fraction of sp³-hybridized carbons (Fsp3) is 0.192. The van der Waals surface area contributed by atoms with Crippen LogP contribution in [0, 0.1) is 6.92 Å². The number of hydrogen-bond acceptors (Lipinski definition) is 6. The van der Waals surface area contributed by atoms with E-state index in [9.17, 15) is 9.90 Å². The molecule has 0 aliphatic rings. The lowest BCUT2D eigenvalue weighted by molar-refractivity contribution is 0.0378. The molecule has 0 radical (unpaired) electrons. The summed E-state index contributed by atoms with van der Waals surface area (Å²) in [6.45, 7) is 5.53. The van der Waals surface area contributed by atoms with Crippen molar-refractivity contribution in [3.63, 3.8) is 0 Å². The molecule has 0 aliphatic carbocycles. The van der Waals surface area contributed by atoms with E-state index >= 15 is 0 Å². The average Bonchev–Trinajstić information content (AvgIpc) is 2.79. The van der Waals surface area contributed by atoms with E-state index in [0.717, 1.165) is 22.3 Å². The minimum atomic E-state index is -0.371. The van der Waals surface area contributed by atoms with Gasteiger partial charge in [0.25, 0.3) is 0 Å². The molecule has 2 N–H and O–H groups in total. The summed E-state index contributed by atoms with van der Waals surface area (Å²) in [7, 11) is 0. The zero-order chi connectivity index (χ0) is 22.7. The summed E-state index contributed by atoms with van der Waals surface area (Å²) in [5.74, 6) is -0.228. The summed E-state index contributed by atoms with van der Waals surface area (Å²) in [4.78, 5) is 20.9. The number of aryl methyl sites for hydroxylation is 1. The molecule has 2 heterocycles. The maximum Gasteiger partial charge on any atom is 0.338 e. The number of carbonyl (C=O) groups excluding carboxylic acids is 1. The van der Waals surface area contributed by atoms with Crippen molar-refractivity contribution in [3.8, 4) is 5.75 Å². The molecule has 162 valence electrons. The quantitative estimate of drug-likeness (QED) is 0.400. The van der Waals surface area contributed by atoms with Gasteiger partial charge in [-0.2, -0.15) is 0 Å². The molecule has 0 amide bonds. The van der Waals surface area contributed by atoms with E-state index in [1.165, 1.54) is 0 Å². The van der Waals surface area contributed by atoms with Crippen LogP contribution in [0.1, 0.15) is 47.1 Å². The highest BCUT2D eigenvalue weighted by Gasteiger charge is 2.20. The van der Waals surface area contributed by atoms with Gasteiger partial charge in [0.15, 0.2) is 0 Å². The van der Waals surface area contributed by atoms with E-state index in [4.69, 9.17) is 4.74 Å². The summed E-state index contributed by atoms with van der Waals surface area (Å²) >= 11 is 0. The molecule has 32 heavy (non-hydrogen) atoms. The molecule has 2 aromatic heterocycles. The number of benzene rings is 2. The maximum absolute atomic E-state index is 12.1. The third kappa shape index (κ3) is 4.54. The van der Waals surface area contributed by atoms with Crippen molar-refractivity contribution in [2.75, 3.05) is 5.32 Å². The van der Waals surface area contributed by atoms with Gasteiger partial charge in [-0.15, -0.1) is 0 Å². The van der Waals surface area contributed by atoms with Crippen LogP contribution in [0.2, 0.25) is 0 Å². The second-order valence-corrected chi connectivity index (χ2v) is 7.92. The van der Waals surface area contributed by atoms with Crippen LogP contribution in [0.5, 0.6) is 5.75 Å². The number of esters is 1. The van der Waals surface area contributed by atoms with E-state index in [-0.39, 0.29) is 23.9 Å². The van der Waals surface area contributed by atoms with Gasteiger partial charge in [-0.1, -0.05) is 24.3 Å². The topological polar surface area (TPSA) is 84.3 Å². The normalized spacial score (nSPS) is 12.0. The van der Waals surface area contributed by atoms with E-state index < -0.39 is 0 Å². The van der Waals surface area contributed by atoms with Gasteiger partial charge in [-0.3, -0.25) is 4.98 Å². The van der Waals surface area contributed by atoms with Gasteiger partial charge < -0.3 is 15.2 Å². The van der Waals surface area contributed by atoms with E-state index in [1.807, 2.05) is 69.3 Å². The Labute approximate surface area is 186 Å². The molecule has 4 aromatic rings. The summed E-state index contributed by atoms with van der Waals surface area (Å²) in [6.07, 6.45) is 3.30. The highest BCUT2D eigenvalue weighted by molar-refractivity contribution is 5.90. The van der Waals surface area contributed by atoms with Gasteiger partial charge in [0.2, 0.25) is 0 Å². The smallest absolute Gasteiger partial charge is 0.338 e. The number of anilines is 1. The molecule has 0 bridgehead atoms. The van der Waals surface area contributed by atoms with Gasteiger partial charge in [0.05, 0.1) is 17.7 Å². The Balaban J connectivity index is 1.71. The van der Waals surface area contributed by atoms with Gasteiger partial charge in [-0.05, 0) is 62.7 Å². The highest BCUT2D eigenvalue weighted by Crippen LogP contribution is 2.36. The van der Waals surface area contributed by atoms with Crippen LogP contribution in [0.3, 0.4) is 0 Å². The number of carbonyl (C=O) groups is 1. The number of aromatic hydroxyl groups is 1. The van der Waals surface area contributed by atoms with Crippen LogP contribution >= 0.6 is 0 Å². The fourth-order valence-electron chi connectivity index (χ4n) is 3.56. The Bertz CT molecular complexity index is 1240. The van der Waals surface area contributed by atoms with Gasteiger partial charge in [0, 0.05) is 34.7 Å². The number of ether oxygens (including phenoxy) is 1. The first kappa shape index (κ1) is 21.3. The van der Waals surface area contributed by atoms with Crippen molar-refractivity contribution in [2.45, 2.75) is 32.9 Å². The average molecular weight is 428 g/mol. The van der Waals surface area contributed by atoms with E-state index in [2.05, 4.69) is 15.3 Å². The van der Waals surface area contributed by atoms with Crippen molar-refractivity contribution in [1.82, 2.24) is 9.97 Å². The van der Waals surface area contributed by atoms with Crippen LogP contribution in [-0.4, -0.2) is 27.1 Å². The highest BCUT2D eigenvalue weighted by atomic mass is 16.5. The summed E-state index contributed by atoms with van der Waals surface area (Å²) in [5.41, 5.74) is 4.24. The third-order valence-corrected chi connectivity index (χ3v) is 5.11. The van der Waals surface area contributed by atoms with Crippen LogP contribution < -0.4 is 5.32 Å². The Morgan fingerprint density at radius 3 is 2.47 bits per heavy atom. The van der Waals surface area contributed by atoms with Crippen molar-refractivity contribution in [2.24, 2.45) is 0 Å². The second kappa shape index (κ2) is 9.06. The van der Waals surface area contributed by atoms with E-state index in [0.29, 0.717) is 16.6 Å². The van der Waals surface area contributed by atoms with Crippen molar-refractivity contribution in [3.05, 3.63) is 95.4 Å². The fourth-order valence-corrected chi connectivity index (χ4v) is 3.56. The third-order valence-electron chi connectivity index (χ3n) is 5.11. The Kier molecular flexibility index (Phi) is 6.03. The number of nitrogens with zero attached hydrogens (tertiary/aromatic N) is 2. The van der Waals surface area contributed by atoms with E-state index in [1.54, 1.807) is 24.5 Å². The number of aromatic nitrogens is 2. The molecular formula is C26H25N3O3. The molecule has 6 heteroatoms. The van der Waals surface area contributed by atoms with Crippen molar-refractivity contribution >= 4 is 22.6 Å². The van der Waals surface area contributed by atoms with Gasteiger partial charge >= 0.3 is 5.97 Å². The molecule has 2 aromatic carbocycles. The molecule has 1 atom stereocenters. The Morgan fingerprint density at radius 1 is 1.03 bits per heavy atom. The molecular weight excluding hydrogens is 402 g/mol. The molecule has 1 unspecified atom stereocenters. The zero-order valence-corrected chi connectivity index (χ0v) is 18.2. The summed E-state index contributed by atoms with van der Waals surface area (Å²) in [5, 5.41) is 15.4. The number of fused-ring (bicyclic) bond motifs is 1. The van der Waals surface area contributed by atoms with Gasteiger partial charge in [0.1, 0.15) is 11.3 Å². The number of phenols is 1. The molecule has 0 aliphatic heterocycles. The lowest BCUT2D eigenvalue weighted by atomic mass is 9.97. The lowest BCUT2D eigenvalue weighted by Gasteiger charge is -2.22. The first-order valence-electron chi connectivity index (χ1n) is 10.5. The molecule has 6 nitrogen and oxygen atoms in total. The monoisotopic (exact) mass is 427 g/mol. The standard InChI is InChI=1S/C26H25N3O3/c1-16(2)32-26(31)19-8-11-21(12-9-19)29-23(20-5-4-14-27-15-20)22-13-10-18-7-6-17(3)28-24(18)25(22)30/h4-16,23,29-30H,1-3H3. The minimum Gasteiger partial charge on any atom is -0.505 e. The summed E-state index contributed by atoms with van der Waals surface area (Å²) < 4.78 is 5.25. The molecule has 0 fully saturated rings. The molecule has 0 spiro atoms. The first-order valence-corrected chi connectivity index (χ1v) is 10.5. The largest absolute Gasteiger partial charge is 0.505 e. The van der Waals surface area contributed by atoms with Gasteiger partial charge in [-0.25, -0.2) is 9.78 Å². The second-order valence-electron chi connectivity index (χ2n) is 7.92. The number of pyridine rings is 2. The Morgan fingerprint density at radius 2 is 1.78 bits per heavy atom. The minimum absolute atomic E-state index is 0.129. The lowest BCUT2D eigenvalue weighted by Crippen LogP contribution is -2.14. The first-order chi connectivity index (χ1) is 15.4. The predicted octanol–water partition coefficient (Wildman–Crippen LogP) is 5.41.